The maximum atomic E-state index is 10.8. The zero-order valence-electron chi connectivity index (χ0n) is 7.45. The number of anilines is 1. The summed E-state index contributed by atoms with van der Waals surface area (Å²) in [5, 5.41) is 10.0. The number of carbonyl (C=O) groups is 1. The maximum absolute atomic E-state index is 10.8. The molecule has 70 valence electrons. The summed E-state index contributed by atoms with van der Waals surface area (Å²) in [6.07, 6.45) is 1.70. The van der Waals surface area contributed by atoms with Crippen molar-refractivity contribution in [1.29, 1.82) is 0 Å². The first-order valence-corrected chi connectivity index (χ1v) is 4.29. The van der Waals surface area contributed by atoms with E-state index in [1.165, 1.54) is 6.92 Å². The van der Waals surface area contributed by atoms with E-state index in [-0.39, 0.29) is 5.91 Å². The molecule has 0 aromatic carbocycles. The molecule has 2 heterocycles. The van der Waals surface area contributed by atoms with Crippen LogP contribution in [0, 0.1) is 0 Å². The maximum Gasteiger partial charge on any atom is 0.222 e. The fraction of sp³-hybridized carbons (Fsp3) is 0.500. The van der Waals surface area contributed by atoms with Gasteiger partial charge < -0.3 is 10.6 Å². The quantitative estimate of drug-likeness (QED) is 0.672. The predicted molar refractivity (Wildman–Crippen MR) is 48.4 cm³/mol. The first-order valence-electron chi connectivity index (χ1n) is 4.29. The Kier molecular flexibility index (Phi) is 2.02. The van der Waals surface area contributed by atoms with Gasteiger partial charge in [-0.1, -0.05) is 0 Å². The van der Waals surface area contributed by atoms with Gasteiger partial charge in [0.25, 0.3) is 0 Å². The van der Waals surface area contributed by atoms with Crippen LogP contribution in [0.1, 0.15) is 13.0 Å². The van der Waals surface area contributed by atoms with E-state index in [9.17, 15) is 4.79 Å². The summed E-state index contributed by atoms with van der Waals surface area (Å²) in [5.74, 6) is 0.716. The Morgan fingerprint density at radius 1 is 1.77 bits per heavy atom. The summed E-state index contributed by atoms with van der Waals surface area (Å²) >= 11 is 0. The predicted octanol–water partition coefficient (Wildman–Crippen LogP) is -0.0142. The van der Waals surface area contributed by atoms with Crippen LogP contribution in [0.3, 0.4) is 0 Å². The average molecular weight is 180 g/mol. The van der Waals surface area contributed by atoms with E-state index in [1.807, 2.05) is 4.68 Å². The van der Waals surface area contributed by atoms with E-state index in [0.717, 1.165) is 18.9 Å². The first-order chi connectivity index (χ1) is 6.27. The first kappa shape index (κ1) is 8.25. The Hall–Kier alpha value is -1.36. The van der Waals surface area contributed by atoms with Gasteiger partial charge in [-0.3, -0.25) is 4.79 Å². The second kappa shape index (κ2) is 3.18. The van der Waals surface area contributed by atoms with Crippen LogP contribution in [0.2, 0.25) is 0 Å². The standard InChI is InChI=1S/C8H12N4O/c1-6(13)11-8-2-3-10-12(8)7-4-9-5-7/h2-3,7,9H,4-5H2,1H3,(H,11,13). The van der Waals surface area contributed by atoms with Crippen LogP contribution in [0.25, 0.3) is 0 Å². The molecule has 0 atom stereocenters. The summed E-state index contributed by atoms with van der Waals surface area (Å²) in [5.41, 5.74) is 0. The third-order valence-corrected chi connectivity index (χ3v) is 2.08. The number of nitrogens with one attached hydrogen (secondary N) is 2. The third kappa shape index (κ3) is 1.55. The van der Waals surface area contributed by atoms with E-state index in [0.29, 0.717) is 6.04 Å². The van der Waals surface area contributed by atoms with Crippen LogP contribution >= 0.6 is 0 Å². The van der Waals surface area contributed by atoms with Gasteiger partial charge in [-0.25, -0.2) is 4.68 Å². The van der Waals surface area contributed by atoms with Crippen LogP contribution in [0.15, 0.2) is 12.3 Å². The Morgan fingerprint density at radius 3 is 3.08 bits per heavy atom. The van der Waals surface area contributed by atoms with Crippen molar-refractivity contribution in [3.8, 4) is 0 Å². The molecule has 1 aliphatic rings. The van der Waals surface area contributed by atoms with Gasteiger partial charge in [-0.15, -0.1) is 0 Å². The molecule has 0 saturated carbocycles. The molecular formula is C8H12N4O. The Bertz CT molecular complexity index is 316. The van der Waals surface area contributed by atoms with Gasteiger partial charge in [0.2, 0.25) is 5.91 Å². The van der Waals surface area contributed by atoms with E-state index >= 15 is 0 Å². The van der Waals surface area contributed by atoms with Gasteiger partial charge in [0.1, 0.15) is 5.82 Å². The smallest absolute Gasteiger partial charge is 0.222 e. The van der Waals surface area contributed by atoms with Crippen LogP contribution in [0.5, 0.6) is 0 Å². The molecule has 5 heteroatoms. The van der Waals surface area contributed by atoms with Crippen LogP contribution in [0.4, 0.5) is 5.82 Å². The topological polar surface area (TPSA) is 59.0 Å². The van der Waals surface area contributed by atoms with Crippen LogP contribution in [-0.4, -0.2) is 28.8 Å². The van der Waals surface area contributed by atoms with Gasteiger partial charge in [-0.2, -0.15) is 5.10 Å². The highest BCUT2D eigenvalue weighted by Crippen LogP contribution is 2.16. The number of aromatic nitrogens is 2. The summed E-state index contributed by atoms with van der Waals surface area (Å²) in [7, 11) is 0. The lowest BCUT2D eigenvalue weighted by Crippen LogP contribution is -2.44. The summed E-state index contributed by atoms with van der Waals surface area (Å²) in [4.78, 5) is 10.8. The number of hydrogen-bond donors (Lipinski definition) is 2. The number of hydrogen-bond acceptors (Lipinski definition) is 3. The molecule has 0 aliphatic carbocycles. The largest absolute Gasteiger partial charge is 0.312 e. The average Bonchev–Trinajstić information content (AvgIpc) is 2.32. The third-order valence-electron chi connectivity index (χ3n) is 2.08. The highest BCUT2D eigenvalue weighted by atomic mass is 16.1. The SMILES string of the molecule is CC(=O)Nc1ccnn1C1CNC1. The summed E-state index contributed by atoms with van der Waals surface area (Å²) < 4.78 is 1.85. The van der Waals surface area contributed by atoms with Crippen molar-refractivity contribution < 1.29 is 4.79 Å². The number of rotatable bonds is 2. The fourth-order valence-corrected chi connectivity index (χ4v) is 1.33. The molecule has 2 N–H and O–H groups in total. The van der Waals surface area contributed by atoms with Crippen molar-refractivity contribution in [2.75, 3.05) is 18.4 Å². The second-order valence-electron chi connectivity index (χ2n) is 3.15. The van der Waals surface area contributed by atoms with Crippen LogP contribution < -0.4 is 10.6 Å². The molecule has 1 aromatic rings. The lowest BCUT2D eigenvalue weighted by Gasteiger charge is -2.28. The number of amides is 1. The molecule has 1 aliphatic heterocycles. The molecule has 2 rings (SSSR count). The second-order valence-corrected chi connectivity index (χ2v) is 3.15. The van der Waals surface area contributed by atoms with Crippen molar-refractivity contribution in [2.24, 2.45) is 0 Å². The van der Waals surface area contributed by atoms with Crippen LogP contribution in [-0.2, 0) is 4.79 Å². The molecule has 0 bridgehead atoms. The van der Waals surface area contributed by atoms with Gasteiger partial charge in [0, 0.05) is 26.1 Å². The number of carbonyl (C=O) groups excluding carboxylic acids is 1. The molecule has 0 unspecified atom stereocenters. The Labute approximate surface area is 76.1 Å². The minimum Gasteiger partial charge on any atom is -0.312 e. The van der Waals surface area contributed by atoms with Gasteiger partial charge in [0.05, 0.1) is 12.2 Å². The number of nitrogens with zero attached hydrogens (tertiary/aromatic N) is 2. The highest BCUT2D eigenvalue weighted by molar-refractivity contribution is 5.87. The molecule has 0 radical (unpaired) electrons. The van der Waals surface area contributed by atoms with Gasteiger partial charge >= 0.3 is 0 Å². The van der Waals surface area contributed by atoms with Gasteiger partial charge in [-0.05, 0) is 0 Å². The lowest BCUT2D eigenvalue weighted by atomic mass is 10.2. The molecule has 13 heavy (non-hydrogen) atoms. The summed E-state index contributed by atoms with van der Waals surface area (Å²) in [6.45, 7) is 3.35. The minimum absolute atomic E-state index is 0.0611. The molecule has 1 amide bonds. The minimum atomic E-state index is -0.0611. The summed E-state index contributed by atoms with van der Waals surface area (Å²) in [6, 6.07) is 2.19. The zero-order valence-corrected chi connectivity index (χ0v) is 7.45. The Morgan fingerprint density at radius 2 is 2.54 bits per heavy atom. The molecular weight excluding hydrogens is 168 g/mol. The molecule has 5 nitrogen and oxygen atoms in total. The normalized spacial score (nSPS) is 16.7. The molecule has 1 fully saturated rings. The van der Waals surface area contributed by atoms with E-state index in [4.69, 9.17) is 0 Å². The van der Waals surface area contributed by atoms with E-state index in [2.05, 4.69) is 15.7 Å². The fourth-order valence-electron chi connectivity index (χ4n) is 1.33. The van der Waals surface area contributed by atoms with Crippen molar-refractivity contribution in [2.45, 2.75) is 13.0 Å². The highest BCUT2D eigenvalue weighted by Gasteiger charge is 2.21. The monoisotopic (exact) mass is 180 g/mol. The van der Waals surface area contributed by atoms with Crippen molar-refractivity contribution in [3.05, 3.63) is 12.3 Å². The zero-order chi connectivity index (χ0) is 9.26. The lowest BCUT2D eigenvalue weighted by molar-refractivity contribution is -0.114. The van der Waals surface area contributed by atoms with E-state index < -0.39 is 0 Å². The van der Waals surface area contributed by atoms with Crippen molar-refractivity contribution >= 4 is 11.7 Å². The van der Waals surface area contributed by atoms with Crippen molar-refractivity contribution in [3.63, 3.8) is 0 Å². The van der Waals surface area contributed by atoms with E-state index in [1.54, 1.807) is 12.3 Å². The molecule has 1 aromatic heterocycles. The van der Waals surface area contributed by atoms with Crippen molar-refractivity contribution in [1.82, 2.24) is 15.1 Å². The molecule has 0 spiro atoms. The van der Waals surface area contributed by atoms with Gasteiger partial charge in [0.15, 0.2) is 0 Å². The Balaban J connectivity index is 2.14. The molecule has 1 saturated heterocycles.